The van der Waals surface area contributed by atoms with E-state index in [0.29, 0.717) is 16.9 Å². The maximum Gasteiger partial charge on any atom is 0.164 e. The van der Waals surface area contributed by atoms with Crippen molar-refractivity contribution in [3.05, 3.63) is 54.0 Å². The average molecular weight is 432 g/mol. The van der Waals surface area contributed by atoms with Crippen molar-refractivity contribution in [2.45, 2.75) is 56.7 Å². The SMILES string of the molecule is CC1(C)O[C@@H]2[C@H](O1)[C@@H]([C@](C)(O)c1ccc(F)c(F)c1)O[C@H]2n1ccc2c(N)ncnc21. The third-order valence-corrected chi connectivity index (χ3v) is 5.90. The highest BCUT2D eigenvalue weighted by Gasteiger charge is 2.60. The summed E-state index contributed by atoms with van der Waals surface area (Å²) in [5.74, 6) is -2.67. The van der Waals surface area contributed by atoms with Gasteiger partial charge in [0, 0.05) is 6.20 Å². The van der Waals surface area contributed by atoms with E-state index in [0.717, 1.165) is 12.1 Å². The van der Waals surface area contributed by atoms with Crippen LogP contribution in [0, 0.1) is 11.6 Å². The van der Waals surface area contributed by atoms with Crippen molar-refractivity contribution in [3.63, 3.8) is 0 Å². The van der Waals surface area contributed by atoms with Gasteiger partial charge < -0.3 is 29.6 Å². The molecule has 164 valence electrons. The molecule has 31 heavy (non-hydrogen) atoms. The Labute approximate surface area is 176 Å². The lowest BCUT2D eigenvalue weighted by Gasteiger charge is -2.34. The van der Waals surface area contributed by atoms with E-state index < -0.39 is 47.6 Å². The first-order valence-electron chi connectivity index (χ1n) is 9.84. The van der Waals surface area contributed by atoms with Crippen molar-refractivity contribution in [1.29, 1.82) is 0 Å². The first-order chi connectivity index (χ1) is 14.6. The van der Waals surface area contributed by atoms with Crippen molar-refractivity contribution in [3.8, 4) is 0 Å². The minimum Gasteiger partial charge on any atom is -0.383 e. The van der Waals surface area contributed by atoms with Crippen molar-refractivity contribution < 1.29 is 28.1 Å². The molecule has 5 rings (SSSR count). The molecule has 4 heterocycles. The fourth-order valence-corrected chi connectivity index (χ4v) is 4.42. The summed E-state index contributed by atoms with van der Waals surface area (Å²) in [6, 6.07) is 5.02. The number of benzene rings is 1. The highest BCUT2D eigenvalue weighted by atomic mass is 19.2. The summed E-state index contributed by atoms with van der Waals surface area (Å²) in [5.41, 5.74) is 4.95. The second-order valence-corrected chi connectivity index (χ2v) is 8.51. The zero-order valence-corrected chi connectivity index (χ0v) is 17.1. The number of halogens is 2. The van der Waals surface area contributed by atoms with E-state index in [2.05, 4.69) is 9.97 Å². The van der Waals surface area contributed by atoms with Crippen LogP contribution in [0.3, 0.4) is 0 Å². The lowest BCUT2D eigenvalue weighted by molar-refractivity contribution is -0.221. The van der Waals surface area contributed by atoms with Gasteiger partial charge in [0.05, 0.1) is 5.39 Å². The molecular formula is C21H22F2N4O4. The molecule has 2 aliphatic heterocycles. The van der Waals surface area contributed by atoms with Crippen LogP contribution in [0.4, 0.5) is 14.6 Å². The fourth-order valence-electron chi connectivity index (χ4n) is 4.42. The van der Waals surface area contributed by atoms with E-state index in [1.165, 1.54) is 19.3 Å². The van der Waals surface area contributed by atoms with Crippen molar-refractivity contribution in [2.75, 3.05) is 5.73 Å². The number of aliphatic hydroxyl groups is 1. The maximum atomic E-state index is 13.9. The van der Waals surface area contributed by atoms with Gasteiger partial charge in [-0.2, -0.15) is 0 Å². The van der Waals surface area contributed by atoms with E-state index in [1.54, 1.807) is 30.7 Å². The normalized spacial score (nSPS) is 29.2. The average Bonchev–Trinajstić information content (AvgIpc) is 3.35. The second kappa shape index (κ2) is 6.67. The summed E-state index contributed by atoms with van der Waals surface area (Å²) < 4.78 is 47.5. The Morgan fingerprint density at radius 2 is 1.87 bits per heavy atom. The molecule has 8 nitrogen and oxygen atoms in total. The standard InChI is InChI=1S/C21H22F2N4O4/c1-20(2)30-14-15(31-20)19(27-7-6-11-17(24)25-9-26-18(11)27)29-16(14)21(3,28)10-4-5-12(22)13(23)8-10/h4-9,14-16,19,28H,1-3H3,(H2,24,25,26)/t14-,15+,16-,19+,21+/m0/s1. The Morgan fingerprint density at radius 3 is 2.61 bits per heavy atom. The van der Waals surface area contributed by atoms with Crippen molar-refractivity contribution >= 4 is 16.9 Å². The smallest absolute Gasteiger partial charge is 0.164 e. The number of aromatic nitrogens is 3. The number of ether oxygens (including phenoxy) is 3. The number of anilines is 1. The van der Waals surface area contributed by atoms with Crippen LogP contribution in [0.5, 0.6) is 0 Å². The number of hydrogen-bond acceptors (Lipinski definition) is 7. The van der Waals surface area contributed by atoms with Gasteiger partial charge >= 0.3 is 0 Å². The molecule has 0 radical (unpaired) electrons. The minimum atomic E-state index is -1.70. The molecule has 2 aliphatic rings. The van der Waals surface area contributed by atoms with Crippen LogP contribution in [0.15, 0.2) is 36.8 Å². The van der Waals surface area contributed by atoms with Gasteiger partial charge in [-0.1, -0.05) is 6.07 Å². The topological polar surface area (TPSA) is 105 Å². The Hall–Kier alpha value is -2.66. The Morgan fingerprint density at radius 1 is 1.13 bits per heavy atom. The maximum absolute atomic E-state index is 13.9. The molecule has 3 aromatic rings. The third-order valence-electron chi connectivity index (χ3n) is 5.90. The molecule has 0 unspecified atom stereocenters. The zero-order valence-electron chi connectivity index (χ0n) is 17.1. The Balaban J connectivity index is 1.58. The quantitative estimate of drug-likeness (QED) is 0.656. The van der Waals surface area contributed by atoms with E-state index in [4.69, 9.17) is 19.9 Å². The van der Waals surface area contributed by atoms with E-state index in [9.17, 15) is 13.9 Å². The summed E-state index contributed by atoms with van der Waals surface area (Å²) in [6.07, 6.45) is 0.182. The van der Waals surface area contributed by atoms with Crippen LogP contribution in [0.2, 0.25) is 0 Å². The Kier molecular flexibility index (Phi) is 4.36. The molecule has 2 fully saturated rings. The molecule has 0 amide bonds. The molecule has 0 aliphatic carbocycles. The fraction of sp³-hybridized carbons (Fsp3) is 0.429. The number of hydrogen-bond donors (Lipinski definition) is 2. The summed E-state index contributed by atoms with van der Waals surface area (Å²) >= 11 is 0. The van der Waals surface area contributed by atoms with Crippen LogP contribution in [-0.2, 0) is 19.8 Å². The van der Waals surface area contributed by atoms with Crippen molar-refractivity contribution in [1.82, 2.24) is 14.5 Å². The summed E-state index contributed by atoms with van der Waals surface area (Å²) in [5, 5.41) is 12.0. The van der Waals surface area contributed by atoms with E-state index >= 15 is 0 Å². The van der Waals surface area contributed by atoms with Gasteiger partial charge in [-0.05, 0) is 44.5 Å². The van der Waals surface area contributed by atoms with Gasteiger partial charge in [0.15, 0.2) is 23.6 Å². The number of nitrogens with zero attached hydrogens (tertiary/aromatic N) is 3. The van der Waals surface area contributed by atoms with Gasteiger partial charge in [-0.25, -0.2) is 18.7 Å². The predicted octanol–water partition coefficient (Wildman–Crippen LogP) is 2.62. The number of nitrogen functional groups attached to an aromatic ring is 1. The highest BCUT2D eigenvalue weighted by molar-refractivity contribution is 5.86. The first-order valence-corrected chi connectivity index (χ1v) is 9.84. The van der Waals surface area contributed by atoms with E-state index in [-0.39, 0.29) is 5.56 Å². The van der Waals surface area contributed by atoms with Gasteiger partial charge in [0.2, 0.25) is 0 Å². The molecule has 0 bridgehead atoms. The van der Waals surface area contributed by atoms with Crippen LogP contribution < -0.4 is 5.73 Å². The minimum absolute atomic E-state index is 0.160. The van der Waals surface area contributed by atoms with Crippen LogP contribution in [-0.4, -0.2) is 43.7 Å². The van der Waals surface area contributed by atoms with Gasteiger partial charge in [-0.15, -0.1) is 0 Å². The van der Waals surface area contributed by atoms with E-state index in [1.807, 2.05) is 0 Å². The van der Waals surface area contributed by atoms with Crippen molar-refractivity contribution in [2.24, 2.45) is 0 Å². The molecule has 0 spiro atoms. The molecule has 0 saturated carbocycles. The number of fused-ring (bicyclic) bond motifs is 2. The summed E-state index contributed by atoms with van der Waals surface area (Å²) in [4.78, 5) is 8.30. The molecule has 10 heteroatoms. The van der Waals surface area contributed by atoms with Crippen LogP contribution in [0.1, 0.15) is 32.6 Å². The number of nitrogens with two attached hydrogens (primary N) is 1. The molecule has 5 atom stereocenters. The van der Waals surface area contributed by atoms with Gasteiger partial charge in [0.25, 0.3) is 0 Å². The van der Waals surface area contributed by atoms with Crippen LogP contribution >= 0.6 is 0 Å². The predicted molar refractivity (Wildman–Crippen MR) is 106 cm³/mol. The Bertz CT molecular complexity index is 1170. The lowest BCUT2D eigenvalue weighted by atomic mass is 9.86. The third kappa shape index (κ3) is 3.09. The van der Waals surface area contributed by atoms with Crippen LogP contribution in [0.25, 0.3) is 11.0 Å². The number of rotatable bonds is 3. The largest absolute Gasteiger partial charge is 0.383 e. The monoisotopic (exact) mass is 432 g/mol. The van der Waals surface area contributed by atoms with Gasteiger partial charge in [0.1, 0.15) is 41.7 Å². The molecule has 3 N–H and O–H groups in total. The molecule has 2 saturated heterocycles. The molecule has 1 aromatic carbocycles. The first kappa shape index (κ1) is 20.3. The highest BCUT2D eigenvalue weighted by Crippen LogP contribution is 2.48. The molecule has 2 aromatic heterocycles. The molecular weight excluding hydrogens is 410 g/mol. The van der Waals surface area contributed by atoms with Gasteiger partial charge in [-0.3, -0.25) is 0 Å². The lowest BCUT2D eigenvalue weighted by Crippen LogP contribution is -2.45. The summed E-state index contributed by atoms with van der Waals surface area (Å²) in [7, 11) is 0. The zero-order chi connectivity index (χ0) is 22.1. The summed E-state index contributed by atoms with van der Waals surface area (Å²) in [6.45, 7) is 5.01. The second-order valence-electron chi connectivity index (χ2n) is 8.51.